The molecule has 0 aliphatic carbocycles. The van der Waals surface area contributed by atoms with Crippen molar-refractivity contribution in [2.75, 3.05) is 26.8 Å². The Balaban J connectivity index is 1.93. The molecule has 16 nitrogen and oxygen atoms in total. The second kappa shape index (κ2) is 17.5. The van der Waals surface area contributed by atoms with Gasteiger partial charge in [-0.2, -0.15) is 0 Å². The number of aromatic nitrogens is 2. The number of ether oxygens (including phenoxy) is 7. The smallest absolute Gasteiger partial charge is 0.314 e. The Morgan fingerprint density at radius 3 is 2.16 bits per heavy atom. The fourth-order valence-corrected chi connectivity index (χ4v) is 5.25. The molecule has 0 bridgehead atoms. The molecule has 1 aliphatic heterocycles. The number of urea groups is 1. The maximum atomic E-state index is 12.3. The molecule has 1 saturated heterocycles. The quantitative estimate of drug-likeness (QED) is 0.157. The second-order valence-corrected chi connectivity index (χ2v) is 12.0. The maximum Gasteiger partial charge on any atom is 0.314 e. The number of carbonyl (C=O) groups is 5. The molecule has 3 N–H and O–H groups in total. The van der Waals surface area contributed by atoms with Crippen LogP contribution in [0.15, 0.2) is 18.2 Å². The number of primary amides is 1. The molecule has 3 rings (SSSR count). The average molecular weight is 691 g/mol. The van der Waals surface area contributed by atoms with Crippen molar-refractivity contribution < 1.29 is 57.1 Å². The molecule has 0 spiro atoms. The summed E-state index contributed by atoms with van der Waals surface area (Å²) >= 11 is 0. The summed E-state index contributed by atoms with van der Waals surface area (Å²) in [5.74, 6) is -2.09. The predicted molar refractivity (Wildman–Crippen MR) is 172 cm³/mol. The van der Waals surface area contributed by atoms with Crippen LogP contribution in [0.5, 0.6) is 11.6 Å². The van der Waals surface area contributed by atoms with Crippen molar-refractivity contribution in [3.8, 4) is 11.6 Å². The average Bonchev–Trinajstić information content (AvgIpc) is 3.39. The normalized spacial score (nSPS) is 20.2. The van der Waals surface area contributed by atoms with Gasteiger partial charge in [-0.3, -0.25) is 24.3 Å². The molecular formula is C33H46N4O12. The Morgan fingerprint density at radius 2 is 1.59 bits per heavy atom. The number of nitrogens with zero attached hydrogens (tertiary/aromatic N) is 2. The molecule has 1 aliphatic rings. The molecule has 0 radical (unpaired) electrons. The van der Waals surface area contributed by atoms with E-state index in [9.17, 15) is 24.0 Å². The standard InChI is InChI=1S/C33H46N4O12/c1-17(2)27-25(15-23-10-11-24(14-18(23)3)43-13-9-12-37(8)33(34)42)31(36-35-27)49-32-30(47-22(7)41)29(46-21(6)40)28(45-20(5)39)26(48-32)16-44-19(4)38/h10-11,14,17,26,28-30,32H,9,12-13,15-16H2,1-8H3,(H2,34,42)(H,35,36)/t26-,28-,29+,30-,32+/m1/s1. The van der Waals surface area contributed by atoms with Gasteiger partial charge in [-0.15, -0.1) is 5.10 Å². The fourth-order valence-electron chi connectivity index (χ4n) is 5.25. The highest BCUT2D eigenvalue weighted by Crippen LogP contribution is 2.34. The van der Waals surface area contributed by atoms with E-state index in [1.54, 1.807) is 7.05 Å². The maximum absolute atomic E-state index is 12.3. The number of benzene rings is 1. The van der Waals surface area contributed by atoms with Gasteiger partial charge in [-0.05, 0) is 42.5 Å². The van der Waals surface area contributed by atoms with Gasteiger partial charge in [0.2, 0.25) is 18.3 Å². The summed E-state index contributed by atoms with van der Waals surface area (Å²) in [4.78, 5) is 60.9. The van der Waals surface area contributed by atoms with Crippen LogP contribution in [0.2, 0.25) is 0 Å². The lowest BCUT2D eigenvalue weighted by Gasteiger charge is -2.43. The molecule has 2 aromatic rings. The molecule has 2 amide bonds. The molecule has 5 atom stereocenters. The number of hydrogen-bond acceptors (Lipinski definition) is 13. The van der Waals surface area contributed by atoms with Gasteiger partial charge in [0, 0.05) is 59.0 Å². The zero-order valence-corrected chi connectivity index (χ0v) is 29.1. The summed E-state index contributed by atoms with van der Waals surface area (Å²) in [6.07, 6.45) is -5.75. The summed E-state index contributed by atoms with van der Waals surface area (Å²) < 4.78 is 40.0. The van der Waals surface area contributed by atoms with Crippen molar-refractivity contribution in [2.24, 2.45) is 5.73 Å². The van der Waals surface area contributed by atoms with Gasteiger partial charge in [0.05, 0.1) is 6.61 Å². The van der Waals surface area contributed by atoms with Crippen molar-refractivity contribution in [2.45, 2.75) is 97.9 Å². The third-order valence-corrected chi connectivity index (χ3v) is 7.58. The van der Waals surface area contributed by atoms with Gasteiger partial charge in [0.25, 0.3) is 0 Å². The van der Waals surface area contributed by atoms with E-state index in [1.165, 1.54) is 11.8 Å². The van der Waals surface area contributed by atoms with Crippen molar-refractivity contribution >= 4 is 29.9 Å². The molecule has 1 fully saturated rings. The van der Waals surface area contributed by atoms with Crippen LogP contribution in [-0.2, 0) is 49.3 Å². The van der Waals surface area contributed by atoms with Crippen LogP contribution >= 0.6 is 0 Å². The summed E-state index contributed by atoms with van der Waals surface area (Å²) in [6.45, 7) is 11.0. The van der Waals surface area contributed by atoms with Crippen LogP contribution in [0.1, 0.15) is 76.3 Å². The first kappa shape index (κ1) is 38.6. The minimum absolute atomic E-state index is 0.00306. The lowest BCUT2D eigenvalue weighted by atomic mass is 9.96. The molecule has 16 heteroatoms. The van der Waals surface area contributed by atoms with Crippen molar-refractivity contribution in [3.63, 3.8) is 0 Å². The minimum atomic E-state index is -1.44. The van der Waals surface area contributed by atoms with Gasteiger partial charge < -0.3 is 43.8 Å². The van der Waals surface area contributed by atoms with E-state index in [1.807, 2.05) is 39.0 Å². The minimum Gasteiger partial charge on any atom is -0.494 e. The first-order valence-electron chi connectivity index (χ1n) is 15.8. The number of nitrogens with one attached hydrogen (secondary N) is 1. The number of esters is 4. The van der Waals surface area contributed by atoms with Gasteiger partial charge in [0.1, 0.15) is 18.5 Å². The number of rotatable bonds is 15. The summed E-state index contributed by atoms with van der Waals surface area (Å²) in [6, 6.07) is 5.17. The Morgan fingerprint density at radius 1 is 0.959 bits per heavy atom. The summed E-state index contributed by atoms with van der Waals surface area (Å²) in [7, 11) is 1.62. The first-order valence-corrected chi connectivity index (χ1v) is 15.8. The van der Waals surface area contributed by atoms with Crippen LogP contribution in [0.4, 0.5) is 4.79 Å². The van der Waals surface area contributed by atoms with Crippen LogP contribution < -0.4 is 15.2 Å². The molecule has 2 heterocycles. The Kier molecular flexibility index (Phi) is 13.8. The number of nitrogens with two attached hydrogens (primary N) is 1. The number of hydrogen-bond donors (Lipinski definition) is 2. The Hall–Kier alpha value is -4.86. The molecule has 49 heavy (non-hydrogen) atoms. The predicted octanol–water partition coefficient (Wildman–Crippen LogP) is 2.67. The van der Waals surface area contributed by atoms with E-state index in [0.717, 1.165) is 37.6 Å². The van der Waals surface area contributed by atoms with Gasteiger partial charge in [0.15, 0.2) is 12.2 Å². The topological polar surface area (TPSA) is 208 Å². The third-order valence-electron chi connectivity index (χ3n) is 7.58. The number of aryl methyl sites for hydroxylation is 1. The second-order valence-electron chi connectivity index (χ2n) is 12.0. The Bertz CT molecular complexity index is 1490. The molecule has 270 valence electrons. The van der Waals surface area contributed by atoms with Crippen molar-refractivity contribution in [1.82, 2.24) is 15.1 Å². The van der Waals surface area contributed by atoms with Crippen LogP contribution in [0.25, 0.3) is 0 Å². The lowest BCUT2D eigenvalue weighted by Crippen LogP contribution is -2.63. The molecule has 0 unspecified atom stereocenters. The third kappa shape index (κ3) is 11.1. The highest BCUT2D eigenvalue weighted by molar-refractivity contribution is 5.71. The van der Waals surface area contributed by atoms with Crippen molar-refractivity contribution in [1.29, 1.82) is 0 Å². The van der Waals surface area contributed by atoms with E-state index in [4.69, 9.17) is 38.9 Å². The number of amides is 2. The van der Waals surface area contributed by atoms with Crippen molar-refractivity contribution in [3.05, 3.63) is 40.6 Å². The van der Waals surface area contributed by atoms with E-state index in [-0.39, 0.29) is 11.8 Å². The number of carbonyl (C=O) groups excluding carboxylic acids is 5. The number of aromatic amines is 1. The van der Waals surface area contributed by atoms with E-state index in [2.05, 4.69) is 10.2 Å². The van der Waals surface area contributed by atoms with Crippen LogP contribution in [0.3, 0.4) is 0 Å². The van der Waals surface area contributed by atoms with Gasteiger partial charge in [-0.25, -0.2) is 4.79 Å². The molecule has 1 aromatic heterocycles. The lowest BCUT2D eigenvalue weighted by molar-refractivity contribution is -0.289. The molecule has 1 aromatic carbocycles. The molecule has 0 saturated carbocycles. The van der Waals surface area contributed by atoms with Crippen LogP contribution in [-0.4, -0.2) is 103 Å². The number of H-pyrrole nitrogens is 1. The van der Waals surface area contributed by atoms with Gasteiger partial charge >= 0.3 is 29.9 Å². The zero-order chi connectivity index (χ0) is 36.4. The molecular weight excluding hydrogens is 644 g/mol. The monoisotopic (exact) mass is 690 g/mol. The first-order chi connectivity index (χ1) is 23.1. The zero-order valence-electron chi connectivity index (χ0n) is 29.1. The highest BCUT2D eigenvalue weighted by Gasteiger charge is 2.53. The van der Waals surface area contributed by atoms with E-state index < -0.39 is 67.2 Å². The van der Waals surface area contributed by atoms with E-state index in [0.29, 0.717) is 37.3 Å². The Labute approximate surface area is 284 Å². The fraction of sp³-hybridized carbons (Fsp3) is 0.576. The largest absolute Gasteiger partial charge is 0.494 e. The van der Waals surface area contributed by atoms with Gasteiger partial charge in [-0.1, -0.05) is 19.9 Å². The highest BCUT2D eigenvalue weighted by atomic mass is 16.7. The summed E-state index contributed by atoms with van der Waals surface area (Å²) in [5.41, 5.74) is 8.60. The summed E-state index contributed by atoms with van der Waals surface area (Å²) in [5, 5.41) is 7.44. The van der Waals surface area contributed by atoms with Crippen LogP contribution in [0, 0.1) is 6.92 Å². The van der Waals surface area contributed by atoms with E-state index >= 15 is 0 Å². The SMILES string of the molecule is CC(=O)OC[C@H]1O[C@@H](Oc2n[nH]c(C(C)C)c2Cc2ccc(OCCCN(C)C(N)=O)cc2C)[C@H](OC(C)=O)[C@@H](OC(C)=O)[C@@H]1OC(C)=O.